The molecule has 2 amide bonds. The minimum absolute atomic E-state index is 0.0413. The smallest absolute Gasteiger partial charge is 0.238 e. The first kappa shape index (κ1) is 18.5. The number of amides is 2. The van der Waals surface area contributed by atoms with Crippen molar-refractivity contribution in [3.8, 4) is 0 Å². The summed E-state index contributed by atoms with van der Waals surface area (Å²) in [6, 6.07) is 8.82. The van der Waals surface area contributed by atoms with Crippen LogP contribution in [0.4, 0.5) is 11.4 Å². The van der Waals surface area contributed by atoms with Crippen LogP contribution in [-0.4, -0.2) is 41.9 Å². The number of anilines is 2. The zero-order chi connectivity index (χ0) is 18.8. The molecule has 0 aromatic heterocycles. The number of hydrogen-bond acceptors (Lipinski definition) is 3. The van der Waals surface area contributed by atoms with Crippen LogP contribution >= 0.6 is 0 Å². The second kappa shape index (κ2) is 8.01. The van der Waals surface area contributed by atoms with Crippen molar-refractivity contribution in [2.75, 3.05) is 23.3 Å². The summed E-state index contributed by atoms with van der Waals surface area (Å²) in [6.07, 6.45) is 8.89. The maximum atomic E-state index is 12.9. The zero-order valence-corrected chi connectivity index (χ0v) is 16.3. The third-order valence-electron chi connectivity index (χ3n) is 6.34. The van der Waals surface area contributed by atoms with Crippen molar-refractivity contribution in [1.29, 1.82) is 0 Å². The van der Waals surface area contributed by atoms with Crippen molar-refractivity contribution < 1.29 is 9.59 Å². The quantitative estimate of drug-likeness (QED) is 0.830. The molecule has 0 unspecified atom stereocenters. The molecule has 0 radical (unpaired) electrons. The highest BCUT2D eigenvalue weighted by Crippen LogP contribution is 2.35. The van der Waals surface area contributed by atoms with Crippen LogP contribution in [0, 0.1) is 5.92 Å². The summed E-state index contributed by atoms with van der Waals surface area (Å²) in [7, 11) is 0. The lowest BCUT2D eigenvalue weighted by Crippen LogP contribution is -2.44. The first-order valence-corrected chi connectivity index (χ1v) is 10.6. The number of carbonyl (C=O) groups excluding carboxylic acids is 2. The molecule has 0 spiro atoms. The molecular formula is C22H31N3O2. The summed E-state index contributed by atoms with van der Waals surface area (Å²) in [4.78, 5) is 29.2. The Morgan fingerprint density at radius 3 is 2.41 bits per heavy atom. The fraction of sp³-hybridized carbons (Fsp3) is 0.636. The highest BCUT2D eigenvalue weighted by Gasteiger charge is 2.36. The Morgan fingerprint density at radius 2 is 1.78 bits per heavy atom. The Bertz CT molecular complexity index is 693. The summed E-state index contributed by atoms with van der Waals surface area (Å²) >= 11 is 0. The Morgan fingerprint density at radius 1 is 1.11 bits per heavy atom. The van der Waals surface area contributed by atoms with Crippen LogP contribution in [0.25, 0.3) is 0 Å². The molecule has 1 aromatic carbocycles. The molecule has 4 rings (SSSR count). The summed E-state index contributed by atoms with van der Waals surface area (Å²) in [6.45, 7) is 3.53. The molecule has 1 aliphatic heterocycles. The lowest BCUT2D eigenvalue weighted by atomic mass is 9.86. The van der Waals surface area contributed by atoms with Gasteiger partial charge in [0.15, 0.2) is 0 Å². The van der Waals surface area contributed by atoms with Gasteiger partial charge in [-0.2, -0.15) is 0 Å². The van der Waals surface area contributed by atoms with Crippen LogP contribution in [0.3, 0.4) is 0 Å². The van der Waals surface area contributed by atoms with E-state index in [1.807, 2.05) is 24.3 Å². The predicted octanol–water partition coefficient (Wildman–Crippen LogP) is 3.80. The van der Waals surface area contributed by atoms with E-state index in [-0.39, 0.29) is 11.8 Å². The van der Waals surface area contributed by atoms with Crippen LogP contribution < -0.4 is 10.2 Å². The zero-order valence-electron chi connectivity index (χ0n) is 16.3. The summed E-state index contributed by atoms with van der Waals surface area (Å²) in [5.41, 5.74) is 1.59. The third kappa shape index (κ3) is 4.34. The number of carbonyl (C=O) groups is 2. The minimum atomic E-state index is 0.0413. The standard InChI is InChI=1S/C22H31N3O2/c1-16-8-10-17(11-9-16)25(18-12-13-18)15-21(26)23-19-5-2-3-6-20(19)24-14-4-7-22(24)27/h2-3,5-6,16-18H,4,7-15H2,1H3,(H,23,26). The number of benzene rings is 1. The summed E-state index contributed by atoms with van der Waals surface area (Å²) in [5.74, 6) is 1.01. The van der Waals surface area contributed by atoms with E-state index >= 15 is 0 Å². The molecule has 2 saturated carbocycles. The van der Waals surface area contributed by atoms with Gasteiger partial charge >= 0.3 is 0 Å². The molecular weight excluding hydrogens is 338 g/mol. The molecule has 5 heteroatoms. The monoisotopic (exact) mass is 369 g/mol. The average Bonchev–Trinajstić information content (AvgIpc) is 3.42. The highest BCUT2D eigenvalue weighted by molar-refractivity contribution is 6.02. The molecule has 1 saturated heterocycles. The summed E-state index contributed by atoms with van der Waals surface area (Å²) < 4.78 is 0. The Hall–Kier alpha value is -1.88. The van der Waals surface area contributed by atoms with Gasteiger partial charge in [0.05, 0.1) is 17.9 Å². The van der Waals surface area contributed by atoms with Gasteiger partial charge in [-0.3, -0.25) is 14.5 Å². The molecule has 0 atom stereocenters. The van der Waals surface area contributed by atoms with Gasteiger partial charge in [-0.1, -0.05) is 19.1 Å². The van der Waals surface area contributed by atoms with Crippen molar-refractivity contribution >= 4 is 23.2 Å². The van der Waals surface area contributed by atoms with Crippen molar-refractivity contribution in [2.24, 2.45) is 5.92 Å². The van der Waals surface area contributed by atoms with Gasteiger partial charge < -0.3 is 10.2 Å². The Labute approximate surface area is 162 Å². The van der Waals surface area contributed by atoms with E-state index in [1.54, 1.807) is 4.90 Å². The first-order valence-electron chi connectivity index (χ1n) is 10.6. The second-order valence-corrected chi connectivity index (χ2v) is 8.53. The largest absolute Gasteiger partial charge is 0.323 e. The number of hydrogen-bond donors (Lipinski definition) is 1. The van der Waals surface area contributed by atoms with Crippen LogP contribution in [0.5, 0.6) is 0 Å². The fourth-order valence-corrected chi connectivity index (χ4v) is 4.61. The number of rotatable bonds is 6. The van der Waals surface area contributed by atoms with Crippen molar-refractivity contribution in [2.45, 2.75) is 70.4 Å². The predicted molar refractivity (Wildman–Crippen MR) is 108 cm³/mol. The van der Waals surface area contributed by atoms with Gasteiger partial charge in [0.25, 0.3) is 0 Å². The molecule has 5 nitrogen and oxygen atoms in total. The van der Waals surface area contributed by atoms with E-state index < -0.39 is 0 Å². The minimum Gasteiger partial charge on any atom is -0.323 e. The van der Waals surface area contributed by atoms with Gasteiger partial charge in [0.2, 0.25) is 11.8 Å². The number of para-hydroxylation sites is 2. The first-order chi connectivity index (χ1) is 13.1. The van der Waals surface area contributed by atoms with E-state index in [0.717, 1.165) is 30.3 Å². The van der Waals surface area contributed by atoms with Crippen LogP contribution in [-0.2, 0) is 9.59 Å². The van der Waals surface area contributed by atoms with E-state index in [0.29, 0.717) is 25.0 Å². The lowest BCUT2D eigenvalue weighted by Gasteiger charge is -2.36. The van der Waals surface area contributed by atoms with Gasteiger partial charge in [-0.15, -0.1) is 0 Å². The number of nitrogens with one attached hydrogen (secondary N) is 1. The Balaban J connectivity index is 1.42. The number of nitrogens with zero attached hydrogens (tertiary/aromatic N) is 2. The van der Waals surface area contributed by atoms with Crippen molar-refractivity contribution in [3.63, 3.8) is 0 Å². The van der Waals surface area contributed by atoms with Crippen molar-refractivity contribution in [1.82, 2.24) is 4.90 Å². The van der Waals surface area contributed by atoms with Crippen LogP contribution in [0.1, 0.15) is 58.3 Å². The lowest BCUT2D eigenvalue weighted by molar-refractivity contribution is -0.118. The molecule has 0 bridgehead atoms. The maximum absolute atomic E-state index is 12.9. The molecule has 1 aromatic rings. The highest BCUT2D eigenvalue weighted by atomic mass is 16.2. The molecule has 2 aliphatic carbocycles. The molecule has 1 N–H and O–H groups in total. The van der Waals surface area contributed by atoms with Crippen LogP contribution in [0.2, 0.25) is 0 Å². The van der Waals surface area contributed by atoms with E-state index in [4.69, 9.17) is 0 Å². The van der Waals surface area contributed by atoms with Gasteiger partial charge in [-0.05, 0) is 63.0 Å². The van der Waals surface area contributed by atoms with E-state index in [1.165, 1.54) is 38.5 Å². The molecule has 3 fully saturated rings. The Kier molecular flexibility index (Phi) is 5.48. The maximum Gasteiger partial charge on any atom is 0.238 e. The second-order valence-electron chi connectivity index (χ2n) is 8.53. The SMILES string of the molecule is CC1CCC(N(CC(=O)Nc2ccccc2N2CCCC2=O)C2CC2)CC1. The van der Waals surface area contributed by atoms with Gasteiger partial charge in [0.1, 0.15) is 0 Å². The topological polar surface area (TPSA) is 52.7 Å². The van der Waals surface area contributed by atoms with Crippen LogP contribution in [0.15, 0.2) is 24.3 Å². The molecule has 3 aliphatic rings. The summed E-state index contributed by atoms with van der Waals surface area (Å²) in [5, 5.41) is 3.09. The molecule has 27 heavy (non-hydrogen) atoms. The fourth-order valence-electron chi connectivity index (χ4n) is 4.61. The van der Waals surface area contributed by atoms with Gasteiger partial charge in [-0.25, -0.2) is 0 Å². The average molecular weight is 370 g/mol. The van der Waals surface area contributed by atoms with E-state index in [2.05, 4.69) is 17.1 Å². The normalized spacial score (nSPS) is 25.9. The van der Waals surface area contributed by atoms with Crippen molar-refractivity contribution in [3.05, 3.63) is 24.3 Å². The van der Waals surface area contributed by atoms with Gasteiger partial charge in [0, 0.05) is 25.0 Å². The molecule has 1 heterocycles. The van der Waals surface area contributed by atoms with E-state index in [9.17, 15) is 9.59 Å². The third-order valence-corrected chi connectivity index (χ3v) is 6.34. The molecule has 146 valence electrons.